The molecule has 2 aliphatic heterocycles. The Kier molecular flexibility index (Phi) is 22.8. The standard InChI is InChI=1S/C82H64N12O14.Fe/c1-50(95)108-94-69-36-37-70(94)78(68-13-5-9-41-93(68)49-54-20-28-58(29-21-54)82(107)86-45-74(102)103)64-35-33-62(89-64)76(66-11-3-7-39-91(66)47-52-16-24-56(25-17-52)80(105)84-43-72(98)99)60-31-30-59(87-60)75(65-10-2-6-38-90(65)46-51-14-22-55(23-15-51)79(104)83-42-71(96)97)61-32-34-63(88-61)77(69)67-12-4-8-40-92(67)48-53-18-26-57(27-19-53)81(106)85-44-73(100)101;/h2-41H,42-49H2,1H3,(H5-3,83,84,85,86,96,97,98,99,100,101,102,103,104,105,106,107);/q;+3/p+3. The molecule has 11 aromatic rings. The molecule has 9 heterocycles. The van der Waals surface area contributed by atoms with Gasteiger partial charge in [-0.1, -0.05) is 60.7 Å². The fourth-order valence-electron chi connectivity index (χ4n) is 12.7. The zero-order valence-electron chi connectivity index (χ0n) is 58.1. The van der Waals surface area contributed by atoms with Gasteiger partial charge in [-0.05, 0) is 109 Å². The zero-order chi connectivity index (χ0) is 75.5. The van der Waals surface area contributed by atoms with Gasteiger partial charge in [0.05, 0.1) is 56.1 Å². The molecule has 0 saturated heterocycles. The summed E-state index contributed by atoms with van der Waals surface area (Å²) in [6.45, 7) is 0.0412. The first-order valence-electron chi connectivity index (χ1n) is 33.9. The molecule has 2 aliphatic rings. The van der Waals surface area contributed by atoms with Gasteiger partial charge in [-0.25, -0.2) is 14.8 Å². The molecular formula is C82H67FeN12O14+6. The van der Waals surface area contributed by atoms with Gasteiger partial charge in [0.2, 0.25) is 22.8 Å². The first-order chi connectivity index (χ1) is 52.3. The number of carbonyl (C=O) groups excluding carboxylic acids is 5. The molecule has 4 aromatic carbocycles. The van der Waals surface area contributed by atoms with E-state index in [2.05, 4.69) is 21.3 Å². The summed E-state index contributed by atoms with van der Waals surface area (Å²) in [7, 11) is 0. The summed E-state index contributed by atoms with van der Waals surface area (Å²) in [5, 5.41) is 46.7. The Morgan fingerprint density at radius 3 is 0.872 bits per heavy atom. The van der Waals surface area contributed by atoms with E-state index in [9.17, 15) is 63.6 Å². The molecule has 0 spiro atoms. The van der Waals surface area contributed by atoms with Gasteiger partial charge in [0.25, 0.3) is 23.6 Å². The maximum atomic E-state index is 14.1. The second kappa shape index (κ2) is 33.3. The molecule has 0 aliphatic carbocycles. The van der Waals surface area contributed by atoms with Crippen molar-refractivity contribution in [3.05, 3.63) is 286 Å². The van der Waals surface area contributed by atoms with Crippen molar-refractivity contribution in [2.75, 3.05) is 26.2 Å². The summed E-state index contributed by atoms with van der Waals surface area (Å²) in [5.74, 6) is -7.66. The van der Waals surface area contributed by atoms with E-state index in [4.69, 9.17) is 19.8 Å². The third-order valence-electron chi connectivity index (χ3n) is 17.7. The van der Waals surface area contributed by atoms with Gasteiger partial charge >= 0.3 is 46.9 Å². The van der Waals surface area contributed by atoms with Gasteiger partial charge < -0.3 is 51.5 Å². The maximum Gasteiger partial charge on any atom is 3.00 e. The number of hydrogen-bond donors (Lipinski definition) is 8. The minimum Gasteiger partial charge on any atom is -0.656 e. The van der Waals surface area contributed by atoms with E-state index in [-0.39, 0.29) is 65.5 Å². The van der Waals surface area contributed by atoms with Crippen LogP contribution in [-0.2, 0) is 67.2 Å². The van der Waals surface area contributed by atoms with Crippen molar-refractivity contribution in [3.63, 3.8) is 0 Å². The first-order valence-corrected chi connectivity index (χ1v) is 33.9. The van der Waals surface area contributed by atoms with Crippen molar-refractivity contribution in [1.29, 1.82) is 0 Å². The Labute approximate surface area is 631 Å². The van der Waals surface area contributed by atoms with Crippen LogP contribution < -0.4 is 49.4 Å². The predicted molar refractivity (Wildman–Crippen MR) is 393 cm³/mol. The molecule has 0 atom stereocenters. The number of amides is 4. The van der Waals surface area contributed by atoms with Gasteiger partial charge in [0.15, 0.2) is 51.0 Å². The number of carboxylic acid groups (broad SMARTS) is 4. The minimum atomic E-state index is -1.19. The Morgan fingerprint density at radius 1 is 0.358 bits per heavy atom. The molecule has 26 nitrogen and oxygen atoms in total. The van der Waals surface area contributed by atoms with Crippen LogP contribution in [0.1, 0.15) is 93.4 Å². The maximum absolute atomic E-state index is 14.1. The Morgan fingerprint density at radius 2 is 0.615 bits per heavy atom. The third kappa shape index (κ3) is 17.3. The molecule has 1 radical (unpaired) electrons. The average Bonchev–Trinajstić information content (AvgIpc) is 1.61. The van der Waals surface area contributed by atoms with Crippen molar-refractivity contribution < 1.29 is 104 Å². The van der Waals surface area contributed by atoms with E-state index >= 15 is 0 Å². The fourth-order valence-corrected chi connectivity index (χ4v) is 12.7. The number of fused-ring (bicyclic) bond motifs is 8. The van der Waals surface area contributed by atoms with E-state index in [1.807, 2.05) is 164 Å². The number of rotatable bonds is 25. The summed E-state index contributed by atoms with van der Waals surface area (Å²) in [5.41, 5.74) is 12.2. The van der Waals surface area contributed by atoms with E-state index in [0.717, 1.165) is 22.3 Å². The monoisotopic (exact) mass is 1500 g/mol. The number of pyridine rings is 4. The minimum absolute atomic E-state index is 0. The molecule has 7 aromatic heterocycles. The number of carboxylic acids is 4. The Balaban J connectivity index is 0.0000111. The number of nitrogens with one attached hydrogen (secondary N) is 4. The second-order valence-electron chi connectivity index (χ2n) is 25.1. The third-order valence-corrected chi connectivity index (χ3v) is 17.7. The topological polar surface area (TPSA) is 352 Å². The summed E-state index contributed by atoms with van der Waals surface area (Å²) >= 11 is 0. The molecule has 8 N–H and O–H groups in total. The molecule has 4 amide bonds. The van der Waals surface area contributed by atoms with E-state index in [0.29, 0.717) is 89.9 Å². The zero-order valence-corrected chi connectivity index (χ0v) is 59.2. The van der Waals surface area contributed by atoms with Gasteiger partial charge in [-0.15, -0.1) is 11.0 Å². The number of benzene rings is 4. The van der Waals surface area contributed by atoms with Crippen molar-refractivity contribution in [3.8, 4) is 45.0 Å². The van der Waals surface area contributed by atoms with E-state index in [1.165, 1.54) is 11.7 Å². The molecule has 0 saturated carbocycles. The Hall–Kier alpha value is -14.2. The molecule has 541 valence electrons. The van der Waals surface area contributed by atoms with Crippen LogP contribution in [0, 0.1) is 0 Å². The van der Waals surface area contributed by atoms with Crippen molar-refractivity contribution >= 4 is 99.8 Å². The van der Waals surface area contributed by atoms with Crippen LogP contribution in [0.5, 0.6) is 0 Å². The van der Waals surface area contributed by atoms with Crippen LogP contribution in [0.3, 0.4) is 0 Å². The fraction of sp³-hybridized carbons (Fsp3) is 0.110. The second-order valence-corrected chi connectivity index (χ2v) is 25.1. The quantitative estimate of drug-likeness (QED) is 0.0211. The molecular weight excluding hydrogens is 1430 g/mol. The van der Waals surface area contributed by atoms with E-state index in [1.54, 1.807) is 97.1 Å². The van der Waals surface area contributed by atoms with Crippen LogP contribution in [0.15, 0.2) is 219 Å². The SMILES string of the molecule is CC(=O)On1c2ccc1c(-c1cccc[n+]1Cc1ccc(C(=O)NCC(=O)O)cc1)c1nc(c(-c3cccc[n+]3Cc3ccc(C(=O)NCC(=O)O)cc3)c3ccc([n-]3)c(-c3cccc[n+]3Cc3ccc(C(=O)NCC(=O)O)cc3)c3nc(c2-c2cccc[n+]2Cc2ccc(C(=O)NCC(=O)O)cc2)C=C3)C=C1.[Fe+3]. The van der Waals surface area contributed by atoms with Crippen molar-refractivity contribution in [1.82, 2.24) is 40.9 Å². The first kappa shape index (κ1) is 74.5. The summed E-state index contributed by atoms with van der Waals surface area (Å²) in [6.07, 6.45) is 15.1. The van der Waals surface area contributed by atoms with Gasteiger partial charge in [-0.3, -0.25) is 38.4 Å². The Bertz CT molecular complexity index is 5360. The van der Waals surface area contributed by atoms with Crippen molar-refractivity contribution in [2.24, 2.45) is 0 Å². The van der Waals surface area contributed by atoms with Crippen LogP contribution in [-0.4, -0.2) is 115 Å². The van der Waals surface area contributed by atoms with Gasteiger partial charge in [0, 0.05) is 100.0 Å². The average molecular weight is 1500 g/mol. The molecule has 0 unspecified atom stereocenters. The summed E-state index contributed by atoms with van der Waals surface area (Å²) < 4.78 is 9.50. The van der Waals surface area contributed by atoms with Crippen LogP contribution in [0.4, 0.5) is 0 Å². The number of carbonyl (C=O) groups is 9. The predicted octanol–water partition coefficient (Wildman–Crippen LogP) is 7.00. The molecule has 27 heteroatoms. The smallest absolute Gasteiger partial charge is 0.656 e. The van der Waals surface area contributed by atoms with Gasteiger partial charge in [0.1, 0.15) is 26.2 Å². The molecule has 109 heavy (non-hydrogen) atoms. The molecule has 13 rings (SSSR count). The van der Waals surface area contributed by atoms with Crippen LogP contribution in [0.25, 0.3) is 91.4 Å². The van der Waals surface area contributed by atoms with Crippen molar-refractivity contribution in [2.45, 2.75) is 33.1 Å². The number of hydrogen-bond acceptors (Lipinski definition) is 12. The molecule has 0 fully saturated rings. The normalized spacial score (nSPS) is 11.2. The van der Waals surface area contributed by atoms with Crippen LogP contribution in [0.2, 0.25) is 0 Å². The summed E-state index contributed by atoms with van der Waals surface area (Å²) in [4.78, 5) is 135. The number of aromatic nitrogens is 8. The van der Waals surface area contributed by atoms with E-state index < -0.39 is 79.7 Å². The molecule has 8 bridgehead atoms. The van der Waals surface area contributed by atoms with Crippen LogP contribution >= 0.6 is 0 Å². The summed E-state index contributed by atoms with van der Waals surface area (Å²) in [6, 6.07) is 57.5. The van der Waals surface area contributed by atoms with Gasteiger partial charge in [-0.2, -0.15) is 23.0 Å². The number of aliphatic carboxylic acids is 4. The largest absolute Gasteiger partial charge is 3.00 e. The number of nitrogens with zero attached hydrogens (tertiary/aromatic N) is 8.